The van der Waals surface area contributed by atoms with Gasteiger partial charge in [0.1, 0.15) is 5.69 Å². The zero-order valence-electron chi connectivity index (χ0n) is 17.5. The monoisotopic (exact) mass is 454 g/mol. The average molecular weight is 455 g/mol. The Bertz CT molecular complexity index is 781. The van der Waals surface area contributed by atoms with E-state index in [1.54, 1.807) is 24.7 Å². The molecule has 2 aromatic heterocycles. The fourth-order valence-electron chi connectivity index (χ4n) is 4.70. The molecule has 0 aromatic carbocycles. The summed E-state index contributed by atoms with van der Waals surface area (Å²) < 4.78 is 0. The number of ketones is 1. The number of piperidine rings is 2. The van der Waals surface area contributed by atoms with Crippen molar-refractivity contribution in [1.82, 2.24) is 30.0 Å². The van der Waals surface area contributed by atoms with Crippen molar-refractivity contribution >= 4 is 30.6 Å². The van der Waals surface area contributed by atoms with Gasteiger partial charge in [-0.3, -0.25) is 9.89 Å². The van der Waals surface area contributed by atoms with E-state index in [0.717, 1.165) is 19.6 Å². The molecular formula is C21H32Cl2N6O. The molecule has 0 spiro atoms. The van der Waals surface area contributed by atoms with Crippen LogP contribution in [-0.2, 0) is 0 Å². The molecule has 1 N–H and O–H groups in total. The Hall–Kier alpha value is -1.54. The first-order valence-electron chi connectivity index (χ1n) is 10.5. The largest absolute Gasteiger partial charge is 0.303 e. The molecule has 2 aliphatic rings. The number of aromatic nitrogens is 4. The van der Waals surface area contributed by atoms with E-state index < -0.39 is 0 Å². The van der Waals surface area contributed by atoms with Crippen LogP contribution in [0.25, 0.3) is 11.5 Å². The standard InChI is InChI=1S/C21H30N6O.2ClH/c1-16-15-26(12-6-18(16)27-10-3-2-4-11-27)13-7-19(28)17-14-24-25-20(17)21-22-8-5-9-23-21;;/h5,8-9,14,16,18H,2-4,6-7,10-13,15H2,1H3,(H,24,25);2*1H. The second-order valence-corrected chi connectivity index (χ2v) is 8.12. The number of hydrogen-bond donors (Lipinski definition) is 1. The van der Waals surface area contributed by atoms with E-state index in [-0.39, 0.29) is 30.6 Å². The molecule has 7 nitrogen and oxygen atoms in total. The van der Waals surface area contributed by atoms with Crippen LogP contribution in [0.15, 0.2) is 24.7 Å². The topological polar surface area (TPSA) is 78.0 Å². The predicted molar refractivity (Wildman–Crippen MR) is 122 cm³/mol. The number of likely N-dealkylation sites (tertiary alicyclic amines) is 2. The molecule has 0 saturated carbocycles. The molecule has 2 aliphatic heterocycles. The van der Waals surface area contributed by atoms with Crippen molar-refractivity contribution in [2.24, 2.45) is 5.92 Å². The van der Waals surface area contributed by atoms with Gasteiger partial charge in [-0.1, -0.05) is 13.3 Å². The van der Waals surface area contributed by atoms with Crippen LogP contribution in [0, 0.1) is 5.92 Å². The van der Waals surface area contributed by atoms with Gasteiger partial charge < -0.3 is 9.80 Å². The fraction of sp³-hybridized carbons (Fsp3) is 0.619. The van der Waals surface area contributed by atoms with Crippen molar-refractivity contribution in [2.45, 2.75) is 45.1 Å². The summed E-state index contributed by atoms with van der Waals surface area (Å²) in [6.45, 7) is 7.86. The molecule has 2 saturated heterocycles. The Morgan fingerprint density at radius 3 is 2.57 bits per heavy atom. The van der Waals surface area contributed by atoms with Crippen molar-refractivity contribution in [3.63, 3.8) is 0 Å². The van der Waals surface area contributed by atoms with Crippen molar-refractivity contribution < 1.29 is 4.79 Å². The first kappa shape index (κ1) is 24.7. The highest BCUT2D eigenvalue weighted by molar-refractivity contribution is 6.00. The number of Topliss-reactive ketones (excluding diaryl/α,β-unsaturated/α-hetero) is 1. The Morgan fingerprint density at radius 1 is 1.13 bits per heavy atom. The fourth-order valence-corrected chi connectivity index (χ4v) is 4.70. The summed E-state index contributed by atoms with van der Waals surface area (Å²) in [6.07, 6.45) is 10.8. The molecule has 0 aliphatic carbocycles. The molecule has 2 aromatic rings. The molecular weight excluding hydrogens is 423 g/mol. The minimum absolute atomic E-state index is 0. The Kier molecular flexibility index (Phi) is 9.68. The van der Waals surface area contributed by atoms with Crippen molar-refractivity contribution in [3.05, 3.63) is 30.2 Å². The molecule has 4 heterocycles. The van der Waals surface area contributed by atoms with Crippen LogP contribution >= 0.6 is 24.8 Å². The average Bonchev–Trinajstić information content (AvgIpc) is 3.23. The lowest BCUT2D eigenvalue weighted by Gasteiger charge is -2.44. The first-order chi connectivity index (χ1) is 13.7. The molecule has 4 rings (SSSR count). The number of halogens is 2. The molecule has 166 valence electrons. The highest BCUT2D eigenvalue weighted by atomic mass is 35.5. The Balaban J connectivity index is 0.00000160. The van der Waals surface area contributed by atoms with Gasteiger partial charge in [-0.2, -0.15) is 5.10 Å². The lowest BCUT2D eigenvalue weighted by Crippen LogP contribution is -2.51. The summed E-state index contributed by atoms with van der Waals surface area (Å²) in [6, 6.07) is 2.47. The van der Waals surface area contributed by atoms with Crippen LogP contribution in [0.4, 0.5) is 0 Å². The van der Waals surface area contributed by atoms with Gasteiger partial charge in [0.15, 0.2) is 11.6 Å². The van der Waals surface area contributed by atoms with Crippen LogP contribution in [0.2, 0.25) is 0 Å². The van der Waals surface area contributed by atoms with Crippen molar-refractivity contribution in [3.8, 4) is 11.5 Å². The van der Waals surface area contributed by atoms with Crippen molar-refractivity contribution in [1.29, 1.82) is 0 Å². The van der Waals surface area contributed by atoms with Crippen LogP contribution in [0.1, 0.15) is 49.4 Å². The Morgan fingerprint density at radius 2 is 1.87 bits per heavy atom. The summed E-state index contributed by atoms with van der Waals surface area (Å²) in [4.78, 5) is 26.4. The molecule has 2 fully saturated rings. The second-order valence-electron chi connectivity index (χ2n) is 8.12. The number of hydrogen-bond acceptors (Lipinski definition) is 6. The number of aromatic amines is 1. The first-order valence-corrected chi connectivity index (χ1v) is 10.5. The van der Waals surface area contributed by atoms with Gasteiger partial charge in [-0.05, 0) is 50.9 Å². The summed E-state index contributed by atoms with van der Waals surface area (Å²) in [7, 11) is 0. The number of nitrogens with one attached hydrogen (secondary N) is 1. The van der Waals surface area contributed by atoms with Gasteiger partial charge in [0, 0.05) is 44.1 Å². The summed E-state index contributed by atoms with van der Waals surface area (Å²) >= 11 is 0. The summed E-state index contributed by atoms with van der Waals surface area (Å²) in [5, 5.41) is 6.98. The van der Waals surface area contributed by atoms with Crippen LogP contribution in [0.3, 0.4) is 0 Å². The van der Waals surface area contributed by atoms with Crippen LogP contribution in [-0.4, -0.2) is 74.5 Å². The maximum Gasteiger partial charge on any atom is 0.180 e. The molecule has 0 radical (unpaired) electrons. The van der Waals surface area contributed by atoms with E-state index in [4.69, 9.17) is 0 Å². The number of H-pyrrole nitrogens is 1. The van der Waals surface area contributed by atoms with Gasteiger partial charge in [-0.15, -0.1) is 24.8 Å². The van der Waals surface area contributed by atoms with E-state index >= 15 is 0 Å². The number of rotatable bonds is 6. The van der Waals surface area contributed by atoms with E-state index in [0.29, 0.717) is 35.5 Å². The van der Waals surface area contributed by atoms with Gasteiger partial charge in [0.2, 0.25) is 0 Å². The molecule has 30 heavy (non-hydrogen) atoms. The van der Waals surface area contributed by atoms with Crippen LogP contribution in [0.5, 0.6) is 0 Å². The SMILES string of the molecule is CC1CN(CCC(=O)c2c[nH]nc2-c2ncccn2)CCC1N1CCCCC1.Cl.Cl. The number of carbonyl (C=O) groups is 1. The Labute approximate surface area is 190 Å². The normalized spacial score (nSPS) is 22.7. The maximum absolute atomic E-state index is 12.8. The van der Waals surface area contributed by atoms with E-state index in [9.17, 15) is 4.79 Å². The van der Waals surface area contributed by atoms with Gasteiger partial charge in [0.05, 0.1) is 5.56 Å². The zero-order chi connectivity index (χ0) is 19.3. The quantitative estimate of drug-likeness (QED) is 0.672. The summed E-state index contributed by atoms with van der Waals surface area (Å²) in [5.74, 6) is 1.24. The van der Waals surface area contributed by atoms with E-state index in [1.807, 2.05) is 0 Å². The molecule has 2 atom stereocenters. The summed E-state index contributed by atoms with van der Waals surface area (Å²) in [5.41, 5.74) is 1.13. The molecule has 0 amide bonds. The third-order valence-electron chi connectivity index (χ3n) is 6.18. The van der Waals surface area contributed by atoms with E-state index in [2.05, 4.69) is 36.9 Å². The lowest BCUT2D eigenvalue weighted by atomic mass is 9.90. The lowest BCUT2D eigenvalue weighted by molar-refractivity contribution is 0.0508. The molecule has 9 heteroatoms. The third-order valence-corrected chi connectivity index (χ3v) is 6.18. The predicted octanol–water partition coefficient (Wildman–Crippen LogP) is 3.48. The van der Waals surface area contributed by atoms with Crippen LogP contribution < -0.4 is 0 Å². The van der Waals surface area contributed by atoms with E-state index in [1.165, 1.54) is 38.8 Å². The van der Waals surface area contributed by atoms with Gasteiger partial charge >= 0.3 is 0 Å². The minimum atomic E-state index is 0. The highest BCUT2D eigenvalue weighted by Crippen LogP contribution is 2.25. The number of carbonyl (C=O) groups excluding carboxylic acids is 1. The molecule has 0 bridgehead atoms. The minimum Gasteiger partial charge on any atom is -0.303 e. The van der Waals surface area contributed by atoms with Gasteiger partial charge in [-0.25, -0.2) is 9.97 Å². The third kappa shape index (κ3) is 5.78. The maximum atomic E-state index is 12.8. The van der Waals surface area contributed by atoms with Gasteiger partial charge in [0.25, 0.3) is 0 Å². The molecule has 2 unspecified atom stereocenters. The second kappa shape index (κ2) is 11.7. The van der Waals surface area contributed by atoms with Crippen molar-refractivity contribution in [2.75, 3.05) is 32.7 Å². The highest BCUT2D eigenvalue weighted by Gasteiger charge is 2.31. The zero-order valence-corrected chi connectivity index (χ0v) is 19.1. The number of nitrogens with zero attached hydrogens (tertiary/aromatic N) is 5. The smallest absolute Gasteiger partial charge is 0.180 e.